The Labute approximate surface area is 117 Å². The average molecular weight is 364 g/mol. The van der Waals surface area contributed by atoms with Crippen LogP contribution in [0.4, 0.5) is 0 Å². The maximum atomic E-state index is 12.1. The highest BCUT2D eigenvalue weighted by Crippen LogP contribution is 2.22. The van der Waals surface area contributed by atoms with Gasteiger partial charge in [-0.1, -0.05) is 0 Å². The molecule has 1 saturated heterocycles. The molecule has 2 N–H and O–H groups in total. The molecule has 2 heterocycles. The van der Waals surface area contributed by atoms with Crippen LogP contribution in [0.1, 0.15) is 23.2 Å². The number of hydrogen-bond acceptors (Lipinski definition) is 3. The number of hydrogen-bond donors (Lipinski definition) is 1. The molecule has 0 aliphatic carbocycles. The Morgan fingerprint density at radius 1 is 1.41 bits per heavy atom. The van der Waals surface area contributed by atoms with Gasteiger partial charge in [0, 0.05) is 24.4 Å². The molecule has 0 saturated carbocycles. The topological polar surface area (TPSA) is 63.4 Å². The van der Waals surface area contributed by atoms with E-state index >= 15 is 0 Å². The molecular weight excluding hydrogens is 351 g/mol. The summed E-state index contributed by atoms with van der Waals surface area (Å²) in [6.07, 6.45) is 1.37. The largest absolute Gasteiger partial charge is 0.369 e. The van der Waals surface area contributed by atoms with Crippen molar-refractivity contribution in [3.8, 4) is 0 Å². The van der Waals surface area contributed by atoms with Crippen molar-refractivity contribution < 1.29 is 9.59 Å². The van der Waals surface area contributed by atoms with Crippen molar-refractivity contribution >= 4 is 45.7 Å². The number of thiophene rings is 1. The molecule has 0 atom stereocenters. The van der Waals surface area contributed by atoms with E-state index in [4.69, 9.17) is 5.73 Å². The molecule has 1 aromatic rings. The first-order valence-electron chi connectivity index (χ1n) is 5.40. The second-order valence-electron chi connectivity index (χ2n) is 4.11. The first kappa shape index (κ1) is 12.8. The van der Waals surface area contributed by atoms with E-state index in [2.05, 4.69) is 22.6 Å². The van der Waals surface area contributed by atoms with Gasteiger partial charge in [-0.05, 0) is 41.5 Å². The predicted octanol–water partition coefficient (Wildman–Crippen LogP) is 1.69. The third-order valence-corrected chi connectivity index (χ3v) is 4.79. The number of nitrogens with two attached hydrogens (primary N) is 1. The fraction of sp³-hybridized carbons (Fsp3) is 0.455. The molecule has 4 nitrogen and oxygen atoms in total. The molecule has 0 aromatic carbocycles. The number of nitrogens with zero attached hydrogens (tertiary/aromatic N) is 1. The summed E-state index contributed by atoms with van der Waals surface area (Å²) in [6.45, 7) is 1.25. The highest BCUT2D eigenvalue weighted by Gasteiger charge is 2.26. The number of primary amides is 1. The number of rotatable bonds is 2. The zero-order chi connectivity index (χ0) is 12.4. The number of amides is 2. The van der Waals surface area contributed by atoms with Crippen LogP contribution < -0.4 is 5.73 Å². The number of likely N-dealkylation sites (tertiary alicyclic amines) is 1. The van der Waals surface area contributed by atoms with Crippen LogP contribution in [0.2, 0.25) is 0 Å². The maximum absolute atomic E-state index is 12.1. The van der Waals surface area contributed by atoms with Gasteiger partial charge in [0.2, 0.25) is 5.91 Å². The zero-order valence-corrected chi connectivity index (χ0v) is 12.2. The second kappa shape index (κ2) is 5.34. The molecule has 0 bridgehead atoms. The highest BCUT2D eigenvalue weighted by atomic mass is 127. The minimum absolute atomic E-state index is 0.0621. The van der Waals surface area contributed by atoms with Crippen molar-refractivity contribution in [2.24, 2.45) is 11.7 Å². The molecule has 0 unspecified atom stereocenters. The van der Waals surface area contributed by atoms with Crippen molar-refractivity contribution in [2.75, 3.05) is 13.1 Å². The van der Waals surface area contributed by atoms with E-state index in [0.717, 1.165) is 8.45 Å². The van der Waals surface area contributed by atoms with E-state index in [-0.39, 0.29) is 17.7 Å². The fourth-order valence-corrected chi connectivity index (χ4v) is 3.29. The van der Waals surface area contributed by atoms with E-state index in [1.165, 1.54) is 0 Å². The van der Waals surface area contributed by atoms with Crippen LogP contribution in [0.3, 0.4) is 0 Å². The standard InChI is InChI=1S/C11H13IN2O2S/c12-9-5-8(6-17-9)11(16)14-3-1-7(2-4-14)10(13)15/h5-7H,1-4H2,(H2,13,15). The van der Waals surface area contributed by atoms with Gasteiger partial charge in [0.05, 0.1) is 8.45 Å². The monoisotopic (exact) mass is 364 g/mol. The molecule has 1 aliphatic rings. The van der Waals surface area contributed by atoms with E-state index in [1.54, 1.807) is 16.2 Å². The summed E-state index contributed by atoms with van der Waals surface area (Å²) in [6, 6.07) is 1.90. The van der Waals surface area contributed by atoms with Gasteiger partial charge in [0.15, 0.2) is 0 Å². The molecule has 1 fully saturated rings. The van der Waals surface area contributed by atoms with Crippen LogP contribution >= 0.6 is 33.9 Å². The van der Waals surface area contributed by atoms with Gasteiger partial charge in [-0.2, -0.15) is 0 Å². The van der Waals surface area contributed by atoms with Gasteiger partial charge < -0.3 is 10.6 Å². The summed E-state index contributed by atoms with van der Waals surface area (Å²) in [7, 11) is 0. The summed E-state index contributed by atoms with van der Waals surface area (Å²) < 4.78 is 1.11. The van der Waals surface area contributed by atoms with Crippen molar-refractivity contribution in [1.82, 2.24) is 4.90 Å². The number of halogens is 1. The maximum Gasteiger partial charge on any atom is 0.254 e. The number of piperidine rings is 1. The van der Waals surface area contributed by atoms with Crippen LogP contribution in [0.5, 0.6) is 0 Å². The van der Waals surface area contributed by atoms with Crippen molar-refractivity contribution in [2.45, 2.75) is 12.8 Å². The van der Waals surface area contributed by atoms with E-state index in [0.29, 0.717) is 25.9 Å². The molecule has 2 rings (SSSR count). The van der Waals surface area contributed by atoms with Crippen molar-refractivity contribution in [1.29, 1.82) is 0 Å². The van der Waals surface area contributed by atoms with Crippen LogP contribution in [0, 0.1) is 8.80 Å². The summed E-state index contributed by atoms with van der Waals surface area (Å²) >= 11 is 3.77. The van der Waals surface area contributed by atoms with Gasteiger partial charge in [0.1, 0.15) is 0 Å². The molecule has 0 spiro atoms. The van der Waals surface area contributed by atoms with E-state index in [9.17, 15) is 9.59 Å². The lowest BCUT2D eigenvalue weighted by molar-refractivity contribution is -0.123. The first-order valence-corrected chi connectivity index (χ1v) is 7.36. The van der Waals surface area contributed by atoms with Gasteiger partial charge in [-0.15, -0.1) is 11.3 Å². The second-order valence-corrected chi connectivity index (χ2v) is 6.91. The fourth-order valence-electron chi connectivity index (χ4n) is 1.97. The van der Waals surface area contributed by atoms with Gasteiger partial charge in [-0.3, -0.25) is 9.59 Å². The average Bonchev–Trinajstić information content (AvgIpc) is 2.75. The number of carbonyl (C=O) groups excluding carboxylic acids is 2. The third kappa shape index (κ3) is 2.98. The molecule has 2 amide bonds. The lowest BCUT2D eigenvalue weighted by Gasteiger charge is -2.30. The normalized spacial score (nSPS) is 17.1. The smallest absolute Gasteiger partial charge is 0.254 e. The Bertz CT molecular complexity index is 438. The lowest BCUT2D eigenvalue weighted by Crippen LogP contribution is -2.41. The minimum Gasteiger partial charge on any atom is -0.369 e. The number of carbonyl (C=O) groups is 2. The third-order valence-electron chi connectivity index (χ3n) is 3.00. The van der Waals surface area contributed by atoms with Crippen LogP contribution in [-0.4, -0.2) is 29.8 Å². The molecule has 92 valence electrons. The Morgan fingerprint density at radius 2 is 2.06 bits per heavy atom. The van der Waals surface area contributed by atoms with E-state index < -0.39 is 0 Å². The molecule has 1 aromatic heterocycles. The van der Waals surface area contributed by atoms with Crippen molar-refractivity contribution in [3.05, 3.63) is 19.9 Å². The minimum atomic E-state index is -0.248. The first-order chi connectivity index (χ1) is 8.08. The zero-order valence-electron chi connectivity index (χ0n) is 9.19. The molecule has 6 heteroatoms. The van der Waals surface area contributed by atoms with E-state index in [1.807, 2.05) is 11.4 Å². The molecular formula is C11H13IN2O2S. The van der Waals surface area contributed by atoms with Gasteiger partial charge in [-0.25, -0.2) is 0 Å². The Balaban J connectivity index is 1.97. The van der Waals surface area contributed by atoms with Gasteiger partial charge >= 0.3 is 0 Å². The Morgan fingerprint density at radius 3 is 2.53 bits per heavy atom. The summed E-state index contributed by atoms with van der Waals surface area (Å²) in [5, 5.41) is 1.88. The molecule has 0 radical (unpaired) electrons. The predicted molar refractivity (Wildman–Crippen MR) is 74.9 cm³/mol. The highest BCUT2D eigenvalue weighted by molar-refractivity contribution is 14.1. The summed E-state index contributed by atoms with van der Waals surface area (Å²) in [5.74, 6) is -0.254. The molecule has 17 heavy (non-hydrogen) atoms. The van der Waals surface area contributed by atoms with Crippen molar-refractivity contribution in [3.63, 3.8) is 0 Å². The summed E-state index contributed by atoms with van der Waals surface area (Å²) in [4.78, 5) is 24.9. The van der Waals surface area contributed by atoms with Crippen LogP contribution in [0.15, 0.2) is 11.4 Å². The summed E-state index contributed by atoms with van der Waals surface area (Å²) in [5.41, 5.74) is 6.01. The van der Waals surface area contributed by atoms with Crippen LogP contribution in [0.25, 0.3) is 0 Å². The molecule has 1 aliphatic heterocycles. The SMILES string of the molecule is NC(=O)C1CCN(C(=O)c2csc(I)c2)CC1. The Kier molecular flexibility index (Phi) is 4.03. The lowest BCUT2D eigenvalue weighted by atomic mass is 9.96. The quantitative estimate of drug-likeness (QED) is 0.812. The van der Waals surface area contributed by atoms with Gasteiger partial charge in [0.25, 0.3) is 5.91 Å². The van der Waals surface area contributed by atoms with Crippen LogP contribution in [-0.2, 0) is 4.79 Å². The Hall–Kier alpha value is -0.630.